The lowest BCUT2D eigenvalue weighted by Gasteiger charge is -2.19. The molecular weight excluding hydrogens is 258 g/mol. The summed E-state index contributed by atoms with van der Waals surface area (Å²) in [6, 6.07) is 18.7. The Bertz CT molecular complexity index is 780. The highest BCUT2D eigenvalue weighted by Crippen LogP contribution is 2.26. The Morgan fingerprint density at radius 2 is 1.81 bits per heavy atom. The van der Waals surface area contributed by atoms with Crippen LogP contribution in [0.3, 0.4) is 0 Å². The molecule has 1 unspecified atom stereocenters. The molecule has 0 aliphatic heterocycles. The molecule has 1 heterocycles. The van der Waals surface area contributed by atoms with Crippen molar-refractivity contribution in [1.82, 2.24) is 10.4 Å². The van der Waals surface area contributed by atoms with Gasteiger partial charge in [0.2, 0.25) is 0 Å². The predicted molar refractivity (Wildman–Crippen MR) is 86.8 cm³/mol. The summed E-state index contributed by atoms with van der Waals surface area (Å²) in [6.07, 6.45) is 0. The molecule has 3 aromatic rings. The molecule has 0 saturated heterocycles. The number of rotatable bonds is 3. The van der Waals surface area contributed by atoms with Crippen molar-refractivity contribution in [2.75, 3.05) is 0 Å². The van der Waals surface area contributed by atoms with Crippen molar-refractivity contribution in [1.29, 1.82) is 0 Å². The van der Waals surface area contributed by atoms with E-state index in [-0.39, 0.29) is 6.04 Å². The van der Waals surface area contributed by atoms with Crippen LogP contribution in [0.1, 0.15) is 28.4 Å². The monoisotopic (exact) mass is 277 g/mol. The van der Waals surface area contributed by atoms with Crippen LogP contribution < -0.4 is 11.3 Å². The number of aromatic nitrogens is 1. The molecule has 0 spiro atoms. The minimum Gasteiger partial charge on any atom is -0.271 e. The highest BCUT2D eigenvalue weighted by atomic mass is 15.2. The molecule has 3 N–H and O–H groups in total. The highest BCUT2D eigenvalue weighted by Gasteiger charge is 2.14. The van der Waals surface area contributed by atoms with Crippen LogP contribution in [0.4, 0.5) is 0 Å². The van der Waals surface area contributed by atoms with Gasteiger partial charge in [-0.1, -0.05) is 36.4 Å². The first-order valence-electron chi connectivity index (χ1n) is 7.08. The number of hydrogen-bond acceptors (Lipinski definition) is 3. The molecule has 1 aromatic heterocycles. The lowest BCUT2D eigenvalue weighted by atomic mass is 9.94. The zero-order valence-corrected chi connectivity index (χ0v) is 12.3. The van der Waals surface area contributed by atoms with Gasteiger partial charge in [0.25, 0.3) is 0 Å². The third-order valence-corrected chi connectivity index (χ3v) is 3.85. The van der Waals surface area contributed by atoms with Crippen molar-refractivity contribution < 1.29 is 0 Å². The second-order valence-corrected chi connectivity index (χ2v) is 5.36. The molecular formula is C18H19N3. The predicted octanol–water partition coefficient (Wildman–Crippen LogP) is 3.40. The van der Waals surface area contributed by atoms with Crippen molar-refractivity contribution in [2.24, 2.45) is 5.84 Å². The number of benzene rings is 2. The third-order valence-electron chi connectivity index (χ3n) is 3.85. The van der Waals surface area contributed by atoms with E-state index >= 15 is 0 Å². The zero-order chi connectivity index (χ0) is 14.8. The molecule has 0 bridgehead atoms. The number of nitrogens with two attached hydrogens (primary N) is 1. The lowest BCUT2D eigenvalue weighted by Crippen LogP contribution is -2.29. The van der Waals surface area contributed by atoms with Gasteiger partial charge < -0.3 is 0 Å². The molecule has 0 aliphatic carbocycles. The van der Waals surface area contributed by atoms with E-state index in [0.29, 0.717) is 0 Å². The van der Waals surface area contributed by atoms with Crippen molar-refractivity contribution in [3.8, 4) is 0 Å². The van der Waals surface area contributed by atoms with Gasteiger partial charge in [-0.25, -0.2) is 5.43 Å². The average molecular weight is 277 g/mol. The summed E-state index contributed by atoms with van der Waals surface area (Å²) in [6.45, 7) is 4.11. The molecule has 1 atom stereocenters. The van der Waals surface area contributed by atoms with E-state index in [1.165, 1.54) is 11.1 Å². The fourth-order valence-electron chi connectivity index (χ4n) is 2.70. The van der Waals surface area contributed by atoms with Gasteiger partial charge in [-0.05, 0) is 48.7 Å². The normalized spacial score (nSPS) is 12.5. The van der Waals surface area contributed by atoms with Crippen LogP contribution in [-0.4, -0.2) is 4.98 Å². The number of hydrogen-bond donors (Lipinski definition) is 2. The van der Waals surface area contributed by atoms with Crippen LogP contribution in [0.2, 0.25) is 0 Å². The quantitative estimate of drug-likeness (QED) is 0.570. The molecule has 3 nitrogen and oxygen atoms in total. The largest absolute Gasteiger partial charge is 0.271 e. The van der Waals surface area contributed by atoms with Gasteiger partial charge in [-0.3, -0.25) is 10.8 Å². The van der Waals surface area contributed by atoms with E-state index in [1.807, 2.05) is 25.1 Å². The van der Waals surface area contributed by atoms with Gasteiger partial charge in [0, 0.05) is 11.1 Å². The van der Waals surface area contributed by atoms with Crippen molar-refractivity contribution >= 4 is 10.9 Å². The second kappa shape index (κ2) is 5.64. The second-order valence-electron chi connectivity index (χ2n) is 5.36. The first-order chi connectivity index (χ1) is 10.2. The van der Waals surface area contributed by atoms with Crippen molar-refractivity contribution in [3.63, 3.8) is 0 Å². The number of nitrogens with one attached hydrogen (secondary N) is 1. The Kier molecular flexibility index (Phi) is 3.69. The third kappa shape index (κ3) is 2.66. The van der Waals surface area contributed by atoms with Crippen LogP contribution in [0.15, 0.2) is 54.6 Å². The van der Waals surface area contributed by atoms with E-state index in [9.17, 15) is 0 Å². The summed E-state index contributed by atoms with van der Waals surface area (Å²) >= 11 is 0. The van der Waals surface area contributed by atoms with Crippen LogP contribution >= 0.6 is 0 Å². The molecule has 0 saturated carbocycles. The zero-order valence-electron chi connectivity index (χ0n) is 12.3. The van der Waals surface area contributed by atoms with Gasteiger partial charge in [-0.2, -0.15) is 0 Å². The Morgan fingerprint density at radius 3 is 2.57 bits per heavy atom. The summed E-state index contributed by atoms with van der Waals surface area (Å²) in [7, 11) is 0. The molecule has 21 heavy (non-hydrogen) atoms. The smallest absolute Gasteiger partial charge is 0.0712 e. The standard InChI is InChI=1S/C18H19N3/c1-12-5-3-4-6-16(12)18(21-19)15-9-10-17-14(11-15)8-7-13(2)20-17/h3-11,18,21H,19H2,1-2H3. The topological polar surface area (TPSA) is 50.9 Å². The number of hydrazine groups is 1. The fraction of sp³-hybridized carbons (Fsp3) is 0.167. The molecule has 3 rings (SSSR count). The molecule has 0 radical (unpaired) electrons. The van der Waals surface area contributed by atoms with Gasteiger partial charge in [0.15, 0.2) is 0 Å². The lowest BCUT2D eigenvalue weighted by molar-refractivity contribution is 0.634. The van der Waals surface area contributed by atoms with Crippen LogP contribution in [-0.2, 0) is 0 Å². The Balaban J connectivity index is 2.09. The van der Waals surface area contributed by atoms with Gasteiger partial charge in [0.05, 0.1) is 11.6 Å². The van der Waals surface area contributed by atoms with E-state index in [0.717, 1.165) is 22.2 Å². The van der Waals surface area contributed by atoms with Crippen molar-refractivity contribution in [2.45, 2.75) is 19.9 Å². The minimum absolute atomic E-state index is 0.0168. The van der Waals surface area contributed by atoms with Gasteiger partial charge in [-0.15, -0.1) is 0 Å². The fourth-order valence-corrected chi connectivity index (χ4v) is 2.70. The van der Waals surface area contributed by atoms with E-state index in [2.05, 4.69) is 53.7 Å². The number of nitrogens with zero attached hydrogens (tertiary/aromatic N) is 1. The summed E-state index contributed by atoms with van der Waals surface area (Å²) in [5.41, 5.74) is 8.54. The molecule has 0 fully saturated rings. The van der Waals surface area contributed by atoms with Crippen LogP contribution in [0, 0.1) is 13.8 Å². The van der Waals surface area contributed by atoms with Crippen LogP contribution in [0.5, 0.6) is 0 Å². The summed E-state index contributed by atoms with van der Waals surface area (Å²) in [5, 5.41) is 1.13. The molecule has 0 aliphatic rings. The van der Waals surface area contributed by atoms with Crippen molar-refractivity contribution in [3.05, 3.63) is 77.0 Å². The maximum absolute atomic E-state index is 5.81. The number of aryl methyl sites for hydroxylation is 2. The Hall–Kier alpha value is -2.23. The van der Waals surface area contributed by atoms with Crippen LogP contribution in [0.25, 0.3) is 10.9 Å². The van der Waals surface area contributed by atoms with E-state index in [4.69, 9.17) is 5.84 Å². The van der Waals surface area contributed by atoms with E-state index < -0.39 is 0 Å². The average Bonchev–Trinajstić information content (AvgIpc) is 2.50. The van der Waals surface area contributed by atoms with Gasteiger partial charge in [0.1, 0.15) is 0 Å². The maximum Gasteiger partial charge on any atom is 0.0712 e. The molecule has 2 aromatic carbocycles. The highest BCUT2D eigenvalue weighted by molar-refractivity contribution is 5.79. The van der Waals surface area contributed by atoms with E-state index in [1.54, 1.807) is 0 Å². The molecule has 3 heteroatoms. The van der Waals surface area contributed by atoms with Gasteiger partial charge >= 0.3 is 0 Å². The number of fused-ring (bicyclic) bond motifs is 1. The Labute approximate surface area is 124 Å². The summed E-state index contributed by atoms with van der Waals surface area (Å²) in [4.78, 5) is 4.54. The number of pyridine rings is 1. The molecule has 0 amide bonds. The summed E-state index contributed by atoms with van der Waals surface area (Å²) in [5.74, 6) is 5.81. The first-order valence-corrected chi connectivity index (χ1v) is 7.08. The Morgan fingerprint density at radius 1 is 1.00 bits per heavy atom. The first kappa shape index (κ1) is 13.7. The maximum atomic E-state index is 5.81. The summed E-state index contributed by atoms with van der Waals surface area (Å²) < 4.78 is 0. The SMILES string of the molecule is Cc1ccc2cc(C(NN)c3ccccc3C)ccc2n1. The molecule has 106 valence electrons. The minimum atomic E-state index is -0.0168.